The second kappa shape index (κ2) is 22.1. The Kier molecular flexibility index (Phi) is 18.4. The van der Waals surface area contributed by atoms with Crippen LogP contribution in [0.5, 0.6) is 0 Å². The number of unbranched alkanes of at least 4 members (excludes halogenated alkanes) is 6. The number of nitro groups is 1. The molecule has 0 aliphatic carbocycles. The summed E-state index contributed by atoms with van der Waals surface area (Å²) in [4.78, 5) is 33.6. The lowest BCUT2D eigenvalue weighted by Crippen LogP contribution is -2.45. The molecule has 4 aromatic rings. The van der Waals surface area contributed by atoms with Crippen LogP contribution < -0.4 is 21.2 Å². The van der Waals surface area contributed by atoms with Crippen LogP contribution in [0.15, 0.2) is 97.1 Å². The van der Waals surface area contributed by atoms with E-state index in [2.05, 4.69) is 5.32 Å². The fourth-order valence-corrected chi connectivity index (χ4v) is 10.8. The van der Waals surface area contributed by atoms with E-state index in [0.717, 1.165) is 54.4 Å². The molecular weight excluding hydrogens is 831 g/mol. The van der Waals surface area contributed by atoms with Gasteiger partial charge in [-0.2, -0.15) is 0 Å². The van der Waals surface area contributed by atoms with Gasteiger partial charge in [-0.25, -0.2) is 13.2 Å². The maximum Gasteiger partial charge on any atom is 0.305 e. The Bertz CT molecular complexity index is 1730. The van der Waals surface area contributed by atoms with Gasteiger partial charge in [0, 0.05) is 36.8 Å². The molecule has 4 rings (SSSR count). The first kappa shape index (κ1) is 44.9. The molecule has 0 aliphatic heterocycles. The minimum atomic E-state index is -2.62. The summed E-state index contributed by atoms with van der Waals surface area (Å²) in [5.74, 6) is -2.57. The van der Waals surface area contributed by atoms with Crippen LogP contribution >= 0.6 is 47.4 Å². The van der Waals surface area contributed by atoms with Crippen molar-refractivity contribution in [3.63, 3.8) is 0 Å². The molecule has 2 N–H and O–H groups in total. The third-order valence-electron chi connectivity index (χ3n) is 8.90. The van der Waals surface area contributed by atoms with E-state index >= 15 is 0 Å². The number of hydrogen-bond donors (Lipinski definition) is 2. The van der Waals surface area contributed by atoms with Gasteiger partial charge in [-0.15, -0.1) is 17.0 Å². The number of non-ortho nitro benzene ring substituents is 1. The first-order valence-corrected chi connectivity index (χ1v) is 20.1. The summed E-state index contributed by atoms with van der Waals surface area (Å²) in [5, 5.41) is 26.4. The summed E-state index contributed by atoms with van der Waals surface area (Å²) in [6, 6.07) is 22.9. The smallest absolute Gasteiger partial charge is 0.305 e. The number of amides is 1. The van der Waals surface area contributed by atoms with Crippen molar-refractivity contribution in [1.29, 1.82) is 0 Å². The van der Waals surface area contributed by atoms with Crippen molar-refractivity contribution in [2.24, 2.45) is 0 Å². The molecule has 2 atom stereocenters. The Morgan fingerprint density at radius 1 is 0.759 bits per heavy atom. The number of carbonyl (C=O) groups excluding carboxylic acids is 2. The Labute approximate surface area is 333 Å². The number of ether oxygens (including phenoxy) is 1. The number of halogens is 6. The van der Waals surface area contributed by atoms with Crippen LogP contribution in [0.4, 0.5) is 18.9 Å². The number of nitrogens with one attached hydrogen (secondary N) is 1. The van der Waals surface area contributed by atoms with Gasteiger partial charge < -0.3 is 15.2 Å². The number of esters is 1. The van der Waals surface area contributed by atoms with Gasteiger partial charge in [-0.1, -0.05) is 67.1 Å². The molecule has 54 heavy (non-hydrogen) atoms. The Hall–Kier alpha value is -3.54. The van der Waals surface area contributed by atoms with Crippen molar-refractivity contribution in [2.45, 2.75) is 68.3 Å². The number of benzene rings is 4. The highest BCUT2D eigenvalue weighted by molar-refractivity contribution is 8.93. The molecule has 4 aromatic carbocycles. The van der Waals surface area contributed by atoms with E-state index in [1.807, 2.05) is 18.2 Å². The Morgan fingerprint density at radius 2 is 1.22 bits per heavy atom. The van der Waals surface area contributed by atoms with Gasteiger partial charge >= 0.3 is 5.97 Å². The van der Waals surface area contributed by atoms with Crippen molar-refractivity contribution in [1.82, 2.24) is 5.32 Å². The van der Waals surface area contributed by atoms with Gasteiger partial charge in [0.2, 0.25) is 0 Å². The SMILES string of the molecule is Br.O=C(CCCCCCCCC[P+](c1cccc(F)c1)(c1cccc(F)c1)c1cccc(F)c1)OC[C@H](NC(=O)C(Cl)Cl)[C@H](O)c1ccc([N+](=O)[O-])cc1. The summed E-state index contributed by atoms with van der Waals surface area (Å²) in [5.41, 5.74) is 0.0719. The van der Waals surface area contributed by atoms with E-state index in [9.17, 15) is 38.0 Å². The number of carbonyl (C=O) groups is 2. The number of alkyl halides is 2. The summed E-state index contributed by atoms with van der Waals surface area (Å²) in [6.45, 7) is -0.381. The van der Waals surface area contributed by atoms with E-state index in [1.165, 1.54) is 60.7 Å². The molecular formula is C39H42BrCl2F3N2O6P+. The zero-order chi connectivity index (χ0) is 38.4. The van der Waals surface area contributed by atoms with Crippen LogP contribution in [0.25, 0.3) is 0 Å². The predicted molar refractivity (Wildman–Crippen MR) is 214 cm³/mol. The van der Waals surface area contributed by atoms with Crippen molar-refractivity contribution < 1.29 is 37.5 Å². The van der Waals surface area contributed by atoms with Crippen LogP contribution in [0, 0.1) is 27.6 Å². The molecule has 15 heteroatoms. The summed E-state index contributed by atoms with van der Waals surface area (Å²) >= 11 is 11.3. The minimum absolute atomic E-state index is 0. The molecule has 1 amide bonds. The first-order valence-electron chi connectivity index (χ1n) is 17.2. The second-order valence-electron chi connectivity index (χ2n) is 12.6. The first-order chi connectivity index (χ1) is 25.4. The van der Waals surface area contributed by atoms with Crippen LogP contribution in [0.2, 0.25) is 0 Å². The van der Waals surface area contributed by atoms with E-state index in [1.54, 1.807) is 18.2 Å². The zero-order valence-corrected chi connectivity index (χ0v) is 33.3. The van der Waals surface area contributed by atoms with Crippen LogP contribution in [0.1, 0.15) is 63.0 Å². The second-order valence-corrected chi connectivity index (χ2v) is 17.3. The summed E-state index contributed by atoms with van der Waals surface area (Å²) < 4.78 is 49.1. The van der Waals surface area contributed by atoms with Gasteiger partial charge in [-0.3, -0.25) is 19.7 Å². The highest BCUT2D eigenvalue weighted by Crippen LogP contribution is 2.56. The average molecular weight is 874 g/mol. The third kappa shape index (κ3) is 12.8. The molecule has 0 unspecified atom stereocenters. The fraction of sp³-hybridized carbons (Fsp3) is 0.333. The van der Waals surface area contributed by atoms with Gasteiger partial charge in [0.1, 0.15) is 53.3 Å². The minimum Gasteiger partial charge on any atom is -0.463 e. The van der Waals surface area contributed by atoms with Gasteiger partial charge in [-0.05, 0) is 73.4 Å². The van der Waals surface area contributed by atoms with Crippen LogP contribution in [-0.4, -0.2) is 45.6 Å². The van der Waals surface area contributed by atoms with E-state index in [4.69, 9.17) is 27.9 Å². The van der Waals surface area contributed by atoms with Crippen molar-refractivity contribution >= 4 is 80.9 Å². The monoisotopic (exact) mass is 871 g/mol. The number of rotatable bonds is 20. The molecule has 0 aromatic heterocycles. The molecule has 0 bridgehead atoms. The highest BCUT2D eigenvalue weighted by Gasteiger charge is 2.45. The fourth-order valence-electron chi connectivity index (χ4n) is 6.22. The molecule has 290 valence electrons. The van der Waals surface area contributed by atoms with Gasteiger partial charge in [0.05, 0.1) is 17.1 Å². The molecule has 0 saturated heterocycles. The van der Waals surface area contributed by atoms with Crippen LogP contribution in [0.3, 0.4) is 0 Å². The van der Waals surface area contributed by atoms with Crippen molar-refractivity contribution in [3.05, 3.63) is 130 Å². The molecule has 0 aliphatic rings. The summed E-state index contributed by atoms with van der Waals surface area (Å²) in [6.07, 6.45) is 4.90. The van der Waals surface area contributed by atoms with Gasteiger partial charge in [0.15, 0.2) is 4.84 Å². The number of nitro benzene ring substituents is 1. The molecule has 0 spiro atoms. The standard InChI is InChI=1S/C39H40Cl2F3N2O6P.BrH/c40-38(41)39(49)45-35(37(48)27-18-20-31(21-19-27)46(50)51)26-52-36(47)17-6-4-2-1-3-5-7-22-53(32-14-8-11-28(42)23-32,33-15-9-12-29(43)24-33)34-16-10-13-30(44)25-34;/h8-16,18-21,23-25,35,37-38,48H,1-7,17,22,26H2;1H/p+1/t35-,37+;/m0./s1. The number of hydrogen-bond acceptors (Lipinski definition) is 6. The third-order valence-corrected chi connectivity index (χ3v) is 13.8. The number of aliphatic hydroxyl groups is 1. The quantitative estimate of drug-likeness (QED) is 0.0230. The Balaban J connectivity index is 0.00000784. The van der Waals surface area contributed by atoms with E-state index in [0.29, 0.717) is 12.6 Å². The predicted octanol–water partition coefficient (Wildman–Crippen LogP) is 8.57. The molecule has 0 heterocycles. The largest absolute Gasteiger partial charge is 0.463 e. The normalized spacial score (nSPS) is 12.4. The van der Waals surface area contributed by atoms with Crippen molar-refractivity contribution in [2.75, 3.05) is 12.8 Å². The lowest BCUT2D eigenvalue weighted by Gasteiger charge is -2.28. The maximum absolute atomic E-state index is 14.6. The molecule has 0 radical (unpaired) electrons. The van der Waals surface area contributed by atoms with E-state index < -0.39 is 58.5 Å². The number of nitrogens with zero attached hydrogens (tertiary/aromatic N) is 1. The Morgan fingerprint density at radius 3 is 1.67 bits per heavy atom. The van der Waals surface area contributed by atoms with E-state index in [-0.39, 0.29) is 41.3 Å². The summed E-state index contributed by atoms with van der Waals surface area (Å²) in [7, 11) is -2.62. The topological polar surface area (TPSA) is 119 Å². The van der Waals surface area contributed by atoms with Gasteiger partial charge in [0.25, 0.3) is 11.6 Å². The lowest BCUT2D eigenvalue weighted by atomic mass is 10.0. The molecule has 0 fully saturated rings. The highest BCUT2D eigenvalue weighted by atomic mass is 79.9. The number of aliphatic hydroxyl groups excluding tert-OH is 1. The average Bonchev–Trinajstić information content (AvgIpc) is 3.13. The molecule has 0 saturated carbocycles. The van der Waals surface area contributed by atoms with Crippen LogP contribution in [-0.2, 0) is 14.3 Å². The lowest BCUT2D eigenvalue weighted by molar-refractivity contribution is -0.384. The zero-order valence-electron chi connectivity index (χ0n) is 29.2. The van der Waals surface area contributed by atoms with Crippen molar-refractivity contribution in [3.8, 4) is 0 Å². The maximum atomic E-state index is 14.6. The molecule has 8 nitrogen and oxygen atoms in total.